The maximum Gasteiger partial charge on any atom is 0.270 e. The minimum Gasteiger partial charge on any atom is -0.380 e. The molecule has 0 aromatic carbocycles. The number of halogens is 1. The van der Waals surface area contributed by atoms with Crippen LogP contribution in [0.15, 0.2) is 28.4 Å². The first-order chi connectivity index (χ1) is 8.61. The van der Waals surface area contributed by atoms with E-state index >= 15 is 0 Å². The Morgan fingerprint density at radius 3 is 2.83 bits per heavy atom. The van der Waals surface area contributed by atoms with Gasteiger partial charge in [-0.05, 0) is 34.0 Å². The Kier molecular flexibility index (Phi) is 4.24. The van der Waals surface area contributed by atoms with Crippen LogP contribution in [0.4, 0.5) is 0 Å². The van der Waals surface area contributed by atoms with E-state index in [-0.39, 0.29) is 5.91 Å². The van der Waals surface area contributed by atoms with Gasteiger partial charge < -0.3 is 14.2 Å². The third-order valence-corrected chi connectivity index (χ3v) is 3.54. The molecule has 0 aliphatic carbocycles. The van der Waals surface area contributed by atoms with Crippen molar-refractivity contribution >= 4 is 21.8 Å². The van der Waals surface area contributed by atoms with Crippen LogP contribution in [0, 0.1) is 0 Å². The van der Waals surface area contributed by atoms with Crippen LogP contribution in [0.2, 0.25) is 0 Å². The summed E-state index contributed by atoms with van der Waals surface area (Å²) in [6.45, 7) is 2.09. The summed E-state index contributed by atoms with van der Waals surface area (Å²) in [5.74, 6) is 0.0796. The summed E-state index contributed by atoms with van der Waals surface area (Å²) in [6.07, 6.45) is 4.87. The van der Waals surface area contributed by atoms with Gasteiger partial charge >= 0.3 is 0 Å². The third-order valence-electron chi connectivity index (χ3n) is 3.11. The van der Waals surface area contributed by atoms with Crippen molar-refractivity contribution in [3.05, 3.63) is 34.1 Å². The molecule has 0 radical (unpaired) electrons. The van der Waals surface area contributed by atoms with E-state index in [4.69, 9.17) is 4.74 Å². The van der Waals surface area contributed by atoms with E-state index in [9.17, 15) is 4.79 Å². The molecule has 0 saturated heterocycles. The lowest BCUT2D eigenvalue weighted by Crippen LogP contribution is -2.36. The third kappa shape index (κ3) is 2.84. The number of aromatic nitrogens is 1. The van der Waals surface area contributed by atoms with Gasteiger partial charge in [0, 0.05) is 37.9 Å². The molecule has 98 valence electrons. The fraction of sp³-hybridized carbons (Fsp3) is 0.462. The molecule has 1 aromatic rings. The van der Waals surface area contributed by atoms with Crippen molar-refractivity contribution in [3.8, 4) is 0 Å². The molecule has 0 saturated carbocycles. The van der Waals surface area contributed by atoms with Crippen LogP contribution in [0.3, 0.4) is 0 Å². The van der Waals surface area contributed by atoms with Gasteiger partial charge in [0.2, 0.25) is 0 Å². The van der Waals surface area contributed by atoms with E-state index in [1.807, 2.05) is 28.8 Å². The number of rotatable bonds is 3. The van der Waals surface area contributed by atoms with Crippen LogP contribution in [-0.4, -0.2) is 42.2 Å². The molecule has 1 aliphatic heterocycles. The highest BCUT2D eigenvalue weighted by molar-refractivity contribution is 9.10. The van der Waals surface area contributed by atoms with E-state index in [0.29, 0.717) is 18.8 Å². The molecule has 0 N–H and O–H groups in total. The van der Waals surface area contributed by atoms with Gasteiger partial charge in [0.15, 0.2) is 0 Å². The second-order valence-corrected chi connectivity index (χ2v) is 5.37. The summed E-state index contributed by atoms with van der Waals surface area (Å²) in [7, 11) is 3.58. The molecule has 0 bridgehead atoms. The zero-order valence-electron chi connectivity index (χ0n) is 10.6. The molecular weight excluding hydrogens is 296 g/mol. The SMILES string of the molecule is COCC1=CCN(C(=O)c2cc(Br)cn2C)CC1. The van der Waals surface area contributed by atoms with E-state index < -0.39 is 0 Å². The van der Waals surface area contributed by atoms with Crippen molar-refractivity contribution in [2.45, 2.75) is 6.42 Å². The first-order valence-electron chi connectivity index (χ1n) is 5.90. The summed E-state index contributed by atoms with van der Waals surface area (Å²) >= 11 is 3.39. The molecule has 2 heterocycles. The molecule has 2 rings (SSSR count). The molecule has 0 fully saturated rings. The van der Waals surface area contributed by atoms with E-state index in [2.05, 4.69) is 22.0 Å². The zero-order valence-corrected chi connectivity index (χ0v) is 12.2. The Bertz CT molecular complexity index is 479. The Balaban J connectivity index is 2.06. The smallest absolute Gasteiger partial charge is 0.270 e. The fourth-order valence-corrected chi connectivity index (χ4v) is 2.63. The molecule has 4 nitrogen and oxygen atoms in total. The van der Waals surface area contributed by atoms with Crippen molar-refractivity contribution < 1.29 is 9.53 Å². The molecule has 1 aliphatic rings. The van der Waals surface area contributed by atoms with Crippen LogP contribution in [0.5, 0.6) is 0 Å². The molecule has 18 heavy (non-hydrogen) atoms. The molecule has 0 atom stereocenters. The molecule has 1 amide bonds. The van der Waals surface area contributed by atoms with Crippen LogP contribution in [0.1, 0.15) is 16.9 Å². The summed E-state index contributed by atoms with van der Waals surface area (Å²) in [5.41, 5.74) is 1.99. The average molecular weight is 313 g/mol. The topological polar surface area (TPSA) is 34.5 Å². The van der Waals surface area contributed by atoms with Gasteiger partial charge in [0.05, 0.1) is 6.61 Å². The molecular formula is C13H17BrN2O2. The zero-order chi connectivity index (χ0) is 13.1. The highest BCUT2D eigenvalue weighted by Gasteiger charge is 2.20. The second-order valence-electron chi connectivity index (χ2n) is 4.45. The van der Waals surface area contributed by atoms with E-state index in [1.165, 1.54) is 5.57 Å². The van der Waals surface area contributed by atoms with Gasteiger partial charge in [0.1, 0.15) is 5.69 Å². The number of amides is 1. The number of hydrogen-bond donors (Lipinski definition) is 0. The average Bonchev–Trinajstić information content (AvgIpc) is 2.69. The number of carbonyl (C=O) groups is 1. The van der Waals surface area contributed by atoms with Crippen molar-refractivity contribution in [1.29, 1.82) is 0 Å². The van der Waals surface area contributed by atoms with Crippen LogP contribution in [0.25, 0.3) is 0 Å². The minimum absolute atomic E-state index is 0.0796. The van der Waals surface area contributed by atoms with Gasteiger partial charge in [0.25, 0.3) is 5.91 Å². The lowest BCUT2D eigenvalue weighted by Gasteiger charge is -2.26. The van der Waals surface area contributed by atoms with E-state index in [0.717, 1.165) is 17.4 Å². The minimum atomic E-state index is 0.0796. The predicted molar refractivity (Wildman–Crippen MR) is 73.6 cm³/mol. The van der Waals surface area contributed by atoms with Gasteiger partial charge in [-0.25, -0.2) is 0 Å². The van der Waals surface area contributed by atoms with Crippen molar-refractivity contribution in [2.24, 2.45) is 7.05 Å². The summed E-state index contributed by atoms with van der Waals surface area (Å²) < 4.78 is 7.88. The predicted octanol–water partition coefficient (Wildman–Crippen LogP) is 2.21. The molecule has 0 spiro atoms. The number of nitrogens with zero attached hydrogens (tertiary/aromatic N) is 2. The Morgan fingerprint density at radius 2 is 2.33 bits per heavy atom. The van der Waals surface area contributed by atoms with Gasteiger partial charge in [-0.15, -0.1) is 0 Å². The highest BCUT2D eigenvalue weighted by Crippen LogP contribution is 2.18. The number of carbonyl (C=O) groups excluding carboxylic acids is 1. The largest absolute Gasteiger partial charge is 0.380 e. The first-order valence-corrected chi connectivity index (χ1v) is 6.69. The summed E-state index contributed by atoms with van der Waals surface area (Å²) in [6, 6.07) is 1.86. The lowest BCUT2D eigenvalue weighted by molar-refractivity contribution is 0.0755. The van der Waals surface area contributed by atoms with Gasteiger partial charge in [-0.3, -0.25) is 4.79 Å². The fourth-order valence-electron chi connectivity index (χ4n) is 2.11. The van der Waals surface area contributed by atoms with Gasteiger partial charge in [-0.2, -0.15) is 0 Å². The number of hydrogen-bond acceptors (Lipinski definition) is 2. The number of methoxy groups -OCH3 is 1. The summed E-state index contributed by atoms with van der Waals surface area (Å²) in [4.78, 5) is 14.2. The van der Waals surface area contributed by atoms with Crippen LogP contribution >= 0.6 is 15.9 Å². The highest BCUT2D eigenvalue weighted by atomic mass is 79.9. The first kappa shape index (κ1) is 13.4. The standard InChI is InChI=1S/C13H17BrN2O2/c1-15-8-11(14)7-12(15)13(17)16-5-3-10(4-6-16)9-18-2/h3,7-8H,4-6,9H2,1-2H3. The van der Waals surface area contributed by atoms with Crippen molar-refractivity contribution in [3.63, 3.8) is 0 Å². The van der Waals surface area contributed by atoms with Crippen LogP contribution in [-0.2, 0) is 11.8 Å². The monoisotopic (exact) mass is 312 g/mol. The molecule has 5 heteroatoms. The lowest BCUT2D eigenvalue weighted by atomic mass is 10.1. The maximum absolute atomic E-state index is 12.3. The maximum atomic E-state index is 12.3. The Hall–Kier alpha value is -1.07. The molecule has 0 unspecified atom stereocenters. The van der Waals surface area contributed by atoms with Crippen LogP contribution < -0.4 is 0 Å². The normalized spacial score (nSPS) is 15.7. The Morgan fingerprint density at radius 1 is 1.56 bits per heavy atom. The Labute approximate surface area is 115 Å². The summed E-state index contributed by atoms with van der Waals surface area (Å²) in [5, 5.41) is 0. The number of ether oxygens (including phenoxy) is 1. The van der Waals surface area contributed by atoms with Gasteiger partial charge in [-0.1, -0.05) is 6.08 Å². The molecule has 1 aromatic heterocycles. The van der Waals surface area contributed by atoms with Crippen molar-refractivity contribution in [2.75, 3.05) is 26.8 Å². The number of aryl methyl sites for hydroxylation is 1. The van der Waals surface area contributed by atoms with E-state index in [1.54, 1.807) is 7.11 Å². The van der Waals surface area contributed by atoms with Crippen molar-refractivity contribution in [1.82, 2.24) is 9.47 Å². The second kappa shape index (κ2) is 5.71. The quantitative estimate of drug-likeness (QED) is 0.802.